The van der Waals surface area contributed by atoms with E-state index in [0.717, 1.165) is 43.6 Å². The van der Waals surface area contributed by atoms with Crippen molar-refractivity contribution in [2.24, 2.45) is 5.10 Å². The van der Waals surface area contributed by atoms with Gasteiger partial charge in [-0.3, -0.25) is 5.01 Å². The summed E-state index contributed by atoms with van der Waals surface area (Å²) in [6.45, 7) is 6.34. The second-order valence-corrected chi connectivity index (χ2v) is 9.02. The number of hydrazone groups is 1. The molecule has 1 saturated carbocycles. The maximum absolute atomic E-state index is 12.3. The van der Waals surface area contributed by atoms with E-state index in [9.17, 15) is 10.1 Å². The zero-order chi connectivity index (χ0) is 21.7. The third-order valence-corrected chi connectivity index (χ3v) is 5.21. The van der Waals surface area contributed by atoms with Crippen LogP contribution in [0.25, 0.3) is 0 Å². The highest BCUT2D eigenvalue weighted by Gasteiger charge is 2.28. The molecule has 3 atom stereocenters. The third kappa shape index (κ3) is 6.02. The molecule has 1 aliphatic heterocycles. The molecule has 1 unspecified atom stereocenters. The van der Waals surface area contributed by atoms with Gasteiger partial charge < -0.3 is 20.7 Å². The van der Waals surface area contributed by atoms with E-state index in [1.54, 1.807) is 0 Å². The minimum Gasteiger partial charge on any atom is -0.444 e. The fourth-order valence-electron chi connectivity index (χ4n) is 3.86. The van der Waals surface area contributed by atoms with Gasteiger partial charge in [0.2, 0.25) is 0 Å². The molecule has 1 fully saturated rings. The van der Waals surface area contributed by atoms with E-state index in [0.29, 0.717) is 5.56 Å². The number of ether oxygens (including phenoxy) is 1. The Morgan fingerprint density at radius 1 is 1.23 bits per heavy atom. The Kier molecular flexibility index (Phi) is 6.70. The van der Waals surface area contributed by atoms with Crippen molar-refractivity contribution in [3.05, 3.63) is 23.8 Å². The summed E-state index contributed by atoms with van der Waals surface area (Å²) in [5.41, 5.74) is 1.77. The van der Waals surface area contributed by atoms with Gasteiger partial charge in [-0.1, -0.05) is 12.8 Å². The number of hydrogen-bond donors (Lipinski definition) is 3. The van der Waals surface area contributed by atoms with Crippen LogP contribution in [-0.4, -0.2) is 54.6 Å². The van der Waals surface area contributed by atoms with Crippen molar-refractivity contribution in [3.63, 3.8) is 0 Å². The molecule has 1 aromatic rings. The quantitative estimate of drug-likeness (QED) is 0.684. The Morgan fingerprint density at radius 3 is 2.60 bits per heavy atom. The van der Waals surface area contributed by atoms with E-state index >= 15 is 0 Å². The van der Waals surface area contributed by atoms with Crippen LogP contribution in [0.5, 0.6) is 0 Å². The van der Waals surface area contributed by atoms with Crippen molar-refractivity contribution in [3.8, 4) is 6.07 Å². The molecule has 0 saturated heterocycles. The van der Waals surface area contributed by atoms with Crippen LogP contribution in [0.3, 0.4) is 0 Å². The molecule has 3 rings (SSSR count). The summed E-state index contributed by atoms with van der Waals surface area (Å²) in [5, 5.41) is 25.6. The Balaban J connectivity index is 1.68. The fraction of sp³-hybridized carbons (Fsp3) is 0.591. The number of alkyl carbamates (subject to hydrolysis) is 1. The molecule has 0 radical (unpaired) electrons. The number of nitriles is 1. The number of anilines is 2. The van der Waals surface area contributed by atoms with E-state index in [2.05, 4.69) is 27.1 Å². The first-order valence-corrected chi connectivity index (χ1v) is 10.6. The molecule has 1 aliphatic carbocycles. The number of carbonyl (C=O) groups excluding carboxylic acids is 1. The average molecular weight is 413 g/mol. The Hall–Kier alpha value is -2.95. The number of carbonyl (C=O) groups is 1. The molecular formula is C22H32N6O2. The monoisotopic (exact) mass is 412 g/mol. The minimum absolute atomic E-state index is 0.00346. The lowest BCUT2D eigenvalue weighted by molar-refractivity contribution is 0.0488. The van der Waals surface area contributed by atoms with Crippen molar-refractivity contribution >= 4 is 23.7 Å². The first-order valence-electron chi connectivity index (χ1n) is 10.6. The van der Waals surface area contributed by atoms with Gasteiger partial charge in [0.25, 0.3) is 0 Å². The molecular weight excluding hydrogens is 380 g/mol. The SMILES string of the molecule is CN1CC(Nc2cc(N[C@@H]3CCCC[C@@H]3NC(=O)OC(C)(C)C)ccc2C#N)C=N1. The van der Waals surface area contributed by atoms with Crippen LogP contribution in [0, 0.1) is 11.3 Å². The van der Waals surface area contributed by atoms with E-state index in [-0.39, 0.29) is 24.2 Å². The summed E-state index contributed by atoms with van der Waals surface area (Å²) >= 11 is 0. The predicted molar refractivity (Wildman–Crippen MR) is 119 cm³/mol. The first-order chi connectivity index (χ1) is 14.2. The van der Waals surface area contributed by atoms with Crippen LogP contribution in [0.4, 0.5) is 16.2 Å². The highest BCUT2D eigenvalue weighted by Crippen LogP contribution is 2.26. The van der Waals surface area contributed by atoms with Gasteiger partial charge in [0.15, 0.2) is 0 Å². The molecule has 1 amide bonds. The highest BCUT2D eigenvalue weighted by molar-refractivity contribution is 5.75. The van der Waals surface area contributed by atoms with Gasteiger partial charge in [-0.15, -0.1) is 0 Å². The van der Waals surface area contributed by atoms with Gasteiger partial charge in [-0.25, -0.2) is 4.79 Å². The lowest BCUT2D eigenvalue weighted by Crippen LogP contribution is -2.49. The molecule has 0 bridgehead atoms. The van der Waals surface area contributed by atoms with Crippen LogP contribution in [-0.2, 0) is 4.74 Å². The summed E-state index contributed by atoms with van der Waals surface area (Å²) in [7, 11) is 1.92. The van der Waals surface area contributed by atoms with E-state index in [1.807, 2.05) is 57.2 Å². The van der Waals surface area contributed by atoms with E-state index in [4.69, 9.17) is 4.74 Å². The lowest BCUT2D eigenvalue weighted by Gasteiger charge is -2.34. The summed E-state index contributed by atoms with van der Waals surface area (Å²) in [6, 6.07) is 8.10. The third-order valence-electron chi connectivity index (χ3n) is 5.21. The number of nitrogens with one attached hydrogen (secondary N) is 3. The number of amides is 1. The van der Waals surface area contributed by atoms with Crippen LogP contribution < -0.4 is 16.0 Å². The highest BCUT2D eigenvalue weighted by atomic mass is 16.6. The molecule has 0 aromatic heterocycles. The zero-order valence-corrected chi connectivity index (χ0v) is 18.2. The molecule has 8 heteroatoms. The standard InChI is InChI=1S/C22H32N6O2/c1-22(2,3)30-21(29)27-19-8-6-5-7-18(19)25-16-10-9-15(12-23)20(11-16)26-17-13-24-28(4)14-17/h9-11,13,17-19,25-26H,5-8,14H2,1-4H3,(H,27,29)/t17?,18-,19+/m1/s1. The predicted octanol–water partition coefficient (Wildman–Crippen LogP) is 3.52. The molecule has 2 aliphatic rings. The van der Waals surface area contributed by atoms with Crippen molar-refractivity contribution in [1.82, 2.24) is 10.3 Å². The van der Waals surface area contributed by atoms with E-state index in [1.165, 1.54) is 0 Å². The topological polar surface area (TPSA) is 102 Å². The smallest absolute Gasteiger partial charge is 0.407 e. The van der Waals surface area contributed by atoms with Gasteiger partial charge in [0.1, 0.15) is 11.7 Å². The molecule has 1 heterocycles. The second kappa shape index (κ2) is 9.24. The number of benzene rings is 1. The normalized spacial score (nSPS) is 23.6. The van der Waals surface area contributed by atoms with Crippen LogP contribution in [0.15, 0.2) is 23.3 Å². The van der Waals surface area contributed by atoms with Gasteiger partial charge >= 0.3 is 6.09 Å². The molecule has 30 heavy (non-hydrogen) atoms. The van der Waals surface area contributed by atoms with Gasteiger partial charge in [-0.2, -0.15) is 10.4 Å². The fourth-order valence-corrected chi connectivity index (χ4v) is 3.86. The van der Waals surface area contributed by atoms with Crippen molar-refractivity contribution in [1.29, 1.82) is 5.26 Å². The molecule has 0 spiro atoms. The van der Waals surface area contributed by atoms with Gasteiger partial charge in [0.05, 0.1) is 29.9 Å². The largest absolute Gasteiger partial charge is 0.444 e. The second-order valence-electron chi connectivity index (χ2n) is 9.02. The maximum Gasteiger partial charge on any atom is 0.407 e. The zero-order valence-electron chi connectivity index (χ0n) is 18.2. The van der Waals surface area contributed by atoms with Crippen LogP contribution in [0.2, 0.25) is 0 Å². The Labute approximate surface area is 178 Å². The number of hydrogen-bond acceptors (Lipinski definition) is 7. The van der Waals surface area contributed by atoms with Crippen molar-refractivity contribution < 1.29 is 9.53 Å². The number of nitrogens with zero attached hydrogens (tertiary/aromatic N) is 3. The molecule has 3 N–H and O–H groups in total. The molecule has 8 nitrogen and oxygen atoms in total. The Bertz CT molecular complexity index is 826. The molecule has 1 aromatic carbocycles. The minimum atomic E-state index is -0.521. The number of likely N-dealkylation sites (N-methyl/N-ethyl adjacent to an activating group) is 1. The van der Waals surface area contributed by atoms with Crippen molar-refractivity contribution in [2.45, 2.75) is 70.2 Å². The van der Waals surface area contributed by atoms with Crippen molar-refractivity contribution in [2.75, 3.05) is 24.2 Å². The Morgan fingerprint density at radius 2 is 1.97 bits per heavy atom. The van der Waals surface area contributed by atoms with Gasteiger partial charge in [0, 0.05) is 25.0 Å². The van der Waals surface area contributed by atoms with E-state index < -0.39 is 5.60 Å². The first kappa shape index (κ1) is 21.8. The summed E-state index contributed by atoms with van der Waals surface area (Å²) < 4.78 is 5.43. The lowest BCUT2D eigenvalue weighted by atomic mass is 9.90. The number of rotatable bonds is 5. The summed E-state index contributed by atoms with van der Waals surface area (Å²) in [4.78, 5) is 12.3. The van der Waals surface area contributed by atoms with Crippen LogP contribution >= 0.6 is 0 Å². The summed E-state index contributed by atoms with van der Waals surface area (Å²) in [6.07, 6.45) is 5.52. The van der Waals surface area contributed by atoms with Crippen LogP contribution in [0.1, 0.15) is 52.0 Å². The summed E-state index contributed by atoms with van der Waals surface area (Å²) in [5.74, 6) is 0. The maximum atomic E-state index is 12.3. The average Bonchev–Trinajstić information content (AvgIpc) is 3.07. The molecule has 162 valence electrons. The van der Waals surface area contributed by atoms with Gasteiger partial charge in [-0.05, 0) is 51.8 Å².